The number of halogens is 1. The van der Waals surface area contributed by atoms with Crippen LogP contribution in [0.2, 0.25) is 0 Å². The number of benzene rings is 1. The van der Waals surface area contributed by atoms with Gasteiger partial charge in [0.1, 0.15) is 5.82 Å². The molecule has 2 aromatic rings. The largest absolute Gasteiger partial charge is 0.338 e. The van der Waals surface area contributed by atoms with Gasteiger partial charge in [0.15, 0.2) is 5.78 Å². The van der Waals surface area contributed by atoms with Crippen molar-refractivity contribution in [2.75, 3.05) is 31.1 Å². The van der Waals surface area contributed by atoms with Gasteiger partial charge in [-0.05, 0) is 43.2 Å². The number of rotatable bonds is 3. The Balaban J connectivity index is 1.40. The van der Waals surface area contributed by atoms with Gasteiger partial charge in [0, 0.05) is 56.1 Å². The Morgan fingerprint density at radius 2 is 1.80 bits per heavy atom. The predicted molar refractivity (Wildman–Crippen MR) is 93.1 cm³/mol. The molecule has 5 nitrogen and oxygen atoms in total. The average Bonchev–Trinajstić information content (AvgIpc) is 2.68. The maximum Gasteiger partial charge on any atom is 0.225 e. The summed E-state index contributed by atoms with van der Waals surface area (Å²) in [4.78, 5) is 26.0. The highest BCUT2D eigenvalue weighted by molar-refractivity contribution is 5.98. The van der Waals surface area contributed by atoms with E-state index < -0.39 is 0 Å². The highest BCUT2D eigenvalue weighted by Gasteiger charge is 2.36. The zero-order valence-electron chi connectivity index (χ0n) is 14.0. The SMILES string of the molecule is O=C(c1ccc(F)cc1)C1CC[C@H]2CN(c3ncccn3)CCN2C1. The lowest BCUT2D eigenvalue weighted by molar-refractivity contribution is 0.0674. The van der Waals surface area contributed by atoms with Gasteiger partial charge in [-0.2, -0.15) is 0 Å². The standard InChI is InChI=1S/C19H21FN4O/c20-16-5-2-14(3-6-16)18(25)15-4-7-17-13-24(11-10-23(17)12-15)19-21-8-1-9-22-19/h1-3,5-6,8-9,15,17H,4,7,10-13H2/t15?,17-/m0/s1. The van der Waals surface area contributed by atoms with Crippen LogP contribution in [0.15, 0.2) is 42.7 Å². The van der Waals surface area contributed by atoms with Crippen LogP contribution in [-0.4, -0.2) is 52.9 Å². The van der Waals surface area contributed by atoms with Gasteiger partial charge >= 0.3 is 0 Å². The quantitative estimate of drug-likeness (QED) is 0.803. The second-order valence-corrected chi connectivity index (χ2v) is 6.79. The number of anilines is 1. The summed E-state index contributed by atoms with van der Waals surface area (Å²) in [5.74, 6) is 0.611. The van der Waals surface area contributed by atoms with Gasteiger partial charge in [0.2, 0.25) is 5.95 Å². The summed E-state index contributed by atoms with van der Waals surface area (Å²) < 4.78 is 13.1. The molecule has 1 aromatic carbocycles. The van der Waals surface area contributed by atoms with Crippen molar-refractivity contribution in [2.45, 2.75) is 18.9 Å². The Hall–Kier alpha value is -2.34. The summed E-state index contributed by atoms with van der Waals surface area (Å²) in [6.45, 7) is 3.47. The fraction of sp³-hybridized carbons (Fsp3) is 0.421. The van der Waals surface area contributed by atoms with Crippen molar-refractivity contribution in [1.29, 1.82) is 0 Å². The van der Waals surface area contributed by atoms with Crippen LogP contribution in [0.25, 0.3) is 0 Å². The molecular weight excluding hydrogens is 319 g/mol. The first-order chi connectivity index (χ1) is 12.2. The smallest absolute Gasteiger partial charge is 0.225 e. The van der Waals surface area contributed by atoms with Crippen LogP contribution in [0.3, 0.4) is 0 Å². The number of hydrogen-bond acceptors (Lipinski definition) is 5. The van der Waals surface area contributed by atoms with Crippen LogP contribution in [0.5, 0.6) is 0 Å². The second-order valence-electron chi connectivity index (χ2n) is 6.79. The van der Waals surface area contributed by atoms with Crippen molar-refractivity contribution in [2.24, 2.45) is 5.92 Å². The van der Waals surface area contributed by atoms with E-state index in [1.807, 2.05) is 6.07 Å². The van der Waals surface area contributed by atoms with Crippen LogP contribution in [0.1, 0.15) is 23.2 Å². The van der Waals surface area contributed by atoms with Gasteiger partial charge in [-0.25, -0.2) is 14.4 Å². The molecule has 130 valence electrons. The van der Waals surface area contributed by atoms with Gasteiger partial charge in [0.25, 0.3) is 0 Å². The number of aromatic nitrogens is 2. The van der Waals surface area contributed by atoms with E-state index in [-0.39, 0.29) is 17.5 Å². The molecule has 2 atom stereocenters. The topological polar surface area (TPSA) is 49.3 Å². The molecule has 1 unspecified atom stereocenters. The predicted octanol–water partition coefficient (Wildman–Crippen LogP) is 2.40. The lowest BCUT2D eigenvalue weighted by Gasteiger charge is -2.46. The third kappa shape index (κ3) is 3.39. The van der Waals surface area contributed by atoms with E-state index in [1.165, 1.54) is 12.1 Å². The monoisotopic (exact) mass is 340 g/mol. The Bertz CT molecular complexity index is 737. The lowest BCUT2D eigenvalue weighted by atomic mass is 9.86. The Kier molecular flexibility index (Phi) is 4.44. The van der Waals surface area contributed by atoms with Gasteiger partial charge in [-0.15, -0.1) is 0 Å². The van der Waals surface area contributed by atoms with E-state index in [2.05, 4.69) is 19.8 Å². The number of carbonyl (C=O) groups excluding carboxylic acids is 1. The molecule has 2 saturated heterocycles. The second kappa shape index (κ2) is 6.88. The molecular formula is C19H21FN4O. The molecule has 2 aliphatic rings. The number of hydrogen-bond donors (Lipinski definition) is 0. The van der Waals surface area contributed by atoms with Crippen molar-refractivity contribution in [3.05, 3.63) is 54.1 Å². The zero-order chi connectivity index (χ0) is 17.2. The highest BCUT2D eigenvalue weighted by atomic mass is 19.1. The summed E-state index contributed by atoms with van der Waals surface area (Å²) in [5, 5.41) is 0. The van der Waals surface area contributed by atoms with E-state index in [1.54, 1.807) is 24.5 Å². The van der Waals surface area contributed by atoms with Crippen LogP contribution in [0, 0.1) is 11.7 Å². The molecule has 0 spiro atoms. The molecule has 0 bridgehead atoms. The number of ketones is 1. The van der Waals surface area contributed by atoms with Crippen molar-refractivity contribution >= 4 is 11.7 Å². The molecule has 0 radical (unpaired) electrons. The first kappa shape index (κ1) is 16.1. The molecule has 0 N–H and O–H groups in total. The molecule has 0 aliphatic carbocycles. The number of nitrogens with zero attached hydrogens (tertiary/aromatic N) is 4. The average molecular weight is 340 g/mol. The minimum absolute atomic E-state index is 0.00114. The third-order valence-corrected chi connectivity index (χ3v) is 5.24. The van der Waals surface area contributed by atoms with E-state index in [9.17, 15) is 9.18 Å². The zero-order valence-corrected chi connectivity index (χ0v) is 14.0. The minimum atomic E-state index is -0.306. The first-order valence-corrected chi connectivity index (χ1v) is 8.76. The Labute approximate surface area is 146 Å². The molecule has 6 heteroatoms. The van der Waals surface area contributed by atoms with Crippen molar-refractivity contribution in [3.63, 3.8) is 0 Å². The summed E-state index contributed by atoms with van der Waals surface area (Å²) in [6.07, 6.45) is 5.40. The fourth-order valence-electron chi connectivity index (χ4n) is 3.88. The summed E-state index contributed by atoms with van der Waals surface area (Å²) in [6, 6.07) is 8.17. The molecule has 1 aromatic heterocycles. The molecule has 2 aliphatic heterocycles. The first-order valence-electron chi connectivity index (χ1n) is 8.76. The number of fused-ring (bicyclic) bond motifs is 1. The van der Waals surface area contributed by atoms with Crippen LogP contribution >= 0.6 is 0 Å². The lowest BCUT2D eigenvalue weighted by Crippen LogP contribution is -2.57. The van der Waals surface area contributed by atoms with Crippen LogP contribution < -0.4 is 4.90 Å². The van der Waals surface area contributed by atoms with Crippen molar-refractivity contribution < 1.29 is 9.18 Å². The number of carbonyl (C=O) groups is 1. The molecule has 25 heavy (non-hydrogen) atoms. The van der Waals surface area contributed by atoms with Gasteiger partial charge in [-0.3, -0.25) is 9.69 Å². The summed E-state index contributed by atoms with van der Waals surface area (Å²) in [7, 11) is 0. The number of piperazine rings is 1. The van der Waals surface area contributed by atoms with E-state index in [0.29, 0.717) is 11.6 Å². The van der Waals surface area contributed by atoms with Gasteiger partial charge < -0.3 is 4.90 Å². The molecule has 3 heterocycles. The summed E-state index contributed by atoms with van der Waals surface area (Å²) in [5.41, 5.74) is 0.612. The third-order valence-electron chi connectivity index (χ3n) is 5.24. The molecule has 0 amide bonds. The van der Waals surface area contributed by atoms with Gasteiger partial charge in [0.05, 0.1) is 0 Å². The van der Waals surface area contributed by atoms with Crippen molar-refractivity contribution in [3.8, 4) is 0 Å². The molecule has 2 fully saturated rings. The van der Waals surface area contributed by atoms with Gasteiger partial charge in [-0.1, -0.05) is 0 Å². The number of piperidine rings is 1. The fourth-order valence-corrected chi connectivity index (χ4v) is 3.88. The highest BCUT2D eigenvalue weighted by Crippen LogP contribution is 2.28. The van der Waals surface area contributed by atoms with Crippen LogP contribution in [-0.2, 0) is 0 Å². The normalized spacial score (nSPS) is 24.0. The maximum absolute atomic E-state index is 13.1. The van der Waals surface area contributed by atoms with E-state index >= 15 is 0 Å². The Morgan fingerprint density at radius 3 is 2.56 bits per heavy atom. The molecule has 0 saturated carbocycles. The minimum Gasteiger partial charge on any atom is -0.338 e. The Morgan fingerprint density at radius 1 is 1.04 bits per heavy atom. The maximum atomic E-state index is 13.1. The number of Topliss-reactive ketones (excluding diaryl/α,β-unsaturated/α-hetero) is 1. The molecule has 4 rings (SSSR count). The summed E-state index contributed by atoms with van der Waals surface area (Å²) >= 11 is 0. The van der Waals surface area contributed by atoms with E-state index in [4.69, 9.17) is 0 Å². The van der Waals surface area contributed by atoms with Crippen molar-refractivity contribution in [1.82, 2.24) is 14.9 Å². The van der Waals surface area contributed by atoms with E-state index in [0.717, 1.165) is 45.0 Å². The van der Waals surface area contributed by atoms with Crippen LogP contribution in [0.4, 0.5) is 10.3 Å².